The first-order chi connectivity index (χ1) is 18.3. The summed E-state index contributed by atoms with van der Waals surface area (Å²) in [4.78, 5) is 26.4. The van der Waals surface area contributed by atoms with Gasteiger partial charge in [0.15, 0.2) is 0 Å². The number of aliphatic hydroxyl groups is 1. The molecular formula is C31H45N3O4. The van der Waals surface area contributed by atoms with E-state index in [4.69, 9.17) is 4.42 Å². The van der Waals surface area contributed by atoms with E-state index in [-0.39, 0.29) is 29.2 Å². The molecule has 3 N–H and O–H groups in total. The lowest BCUT2D eigenvalue weighted by Crippen LogP contribution is -2.54. The Labute approximate surface area is 226 Å². The molecule has 0 spiro atoms. The molecule has 8 atom stereocenters. The summed E-state index contributed by atoms with van der Waals surface area (Å²) in [6.45, 7) is 8.06. The van der Waals surface area contributed by atoms with Crippen molar-refractivity contribution in [3.63, 3.8) is 0 Å². The minimum atomic E-state index is -0.273. The second-order valence-electron chi connectivity index (χ2n) is 13.4. The van der Waals surface area contributed by atoms with Crippen LogP contribution in [0.3, 0.4) is 0 Å². The second kappa shape index (κ2) is 10.1. The standard InChI is InChI=1S/C31H45N3O4/c1-30-12-9-22(33-29(37)32-14-16-34-15-11-23(35)18-34)17-21(30)4-5-24-26-7-6-25(20-3-8-28(36)38-19-20)31(26,2)13-10-27(24)30/h3,7-8,19,21-25,27,35H,4-6,9-18H2,1-2H3,(H2,32,33,37)/t21-,22+,23+,24+,25-,27+,30+,31-/m1/s1. The first-order valence-electron chi connectivity index (χ1n) is 15.0. The van der Waals surface area contributed by atoms with Crippen LogP contribution in [-0.2, 0) is 0 Å². The van der Waals surface area contributed by atoms with Gasteiger partial charge in [-0.05, 0) is 104 Å². The van der Waals surface area contributed by atoms with Crippen LogP contribution in [0.4, 0.5) is 4.79 Å². The highest BCUT2D eigenvalue weighted by atomic mass is 16.4. The molecule has 0 aromatic carbocycles. The Morgan fingerprint density at radius 2 is 2.03 bits per heavy atom. The third kappa shape index (κ3) is 4.64. The van der Waals surface area contributed by atoms with Crippen LogP contribution in [0.2, 0.25) is 0 Å². The Bertz CT molecular complexity index is 1110. The molecule has 4 fully saturated rings. The van der Waals surface area contributed by atoms with Gasteiger partial charge in [-0.25, -0.2) is 9.59 Å². The van der Waals surface area contributed by atoms with Gasteiger partial charge in [0.05, 0.1) is 12.4 Å². The summed E-state index contributed by atoms with van der Waals surface area (Å²) >= 11 is 0. The first kappa shape index (κ1) is 26.1. The smallest absolute Gasteiger partial charge is 0.335 e. The highest BCUT2D eigenvalue weighted by molar-refractivity contribution is 5.74. The average Bonchev–Trinajstić information content (AvgIpc) is 3.47. The van der Waals surface area contributed by atoms with E-state index in [9.17, 15) is 14.7 Å². The van der Waals surface area contributed by atoms with E-state index in [1.807, 2.05) is 6.07 Å². The van der Waals surface area contributed by atoms with Crippen LogP contribution in [0.15, 0.2) is 39.3 Å². The molecule has 7 nitrogen and oxygen atoms in total. The van der Waals surface area contributed by atoms with Crippen LogP contribution in [-0.4, -0.2) is 54.4 Å². The molecule has 3 saturated carbocycles. The summed E-state index contributed by atoms with van der Waals surface area (Å²) < 4.78 is 5.25. The van der Waals surface area contributed by atoms with Crippen molar-refractivity contribution in [1.29, 1.82) is 0 Å². The normalized spacial score (nSPS) is 40.6. The number of allylic oxidation sites excluding steroid dienone is 2. The molecule has 2 heterocycles. The van der Waals surface area contributed by atoms with Gasteiger partial charge in [0.2, 0.25) is 0 Å². The number of nitrogens with one attached hydrogen (secondary N) is 2. The molecule has 0 bridgehead atoms. The Kier molecular flexibility index (Phi) is 6.96. The van der Waals surface area contributed by atoms with Crippen molar-refractivity contribution >= 4 is 6.03 Å². The molecule has 1 aromatic heterocycles. The van der Waals surface area contributed by atoms with Gasteiger partial charge in [0.1, 0.15) is 0 Å². The fourth-order valence-corrected chi connectivity index (χ4v) is 9.37. The van der Waals surface area contributed by atoms with E-state index < -0.39 is 0 Å². The third-order valence-corrected chi connectivity index (χ3v) is 11.5. The van der Waals surface area contributed by atoms with Crippen LogP contribution in [0, 0.1) is 28.6 Å². The summed E-state index contributed by atoms with van der Waals surface area (Å²) in [7, 11) is 0. The average molecular weight is 524 g/mol. The zero-order chi connectivity index (χ0) is 26.5. The number of rotatable bonds is 5. The van der Waals surface area contributed by atoms with Gasteiger partial charge in [0, 0.05) is 38.3 Å². The van der Waals surface area contributed by atoms with Crippen LogP contribution < -0.4 is 16.3 Å². The molecule has 5 aliphatic rings. The molecule has 1 saturated heterocycles. The molecular weight excluding hydrogens is 478 g/mol. The predicted molar refractivity (Wildman–Crippen MR) is 147 cm³/mol. The zero-order valence-electron chi connectivity index (χ0n) is 23.1. The largest absolute Gasteiger partial charge is 0.431 e. The molecule has 1 aliphatic heterocycles. The number of amides is 2. The topological polar surface area (TPSA) is 94.8 Å². The van der Waals surface area contributed by atoms with Crippen LogP contribution in [0.25, 0.3) is 0 Å². The number of fused-ring (bicyclic) bond motifs is 5. The van der Waals surface area contributed by atoms with Gasteiger partial charge >= 0.3 is 11.7 Å². The van der Waals surface area contributed by atoms with Crippen molar-refractivity contribution in [2.75, 3.05) is 26.2 Å². The summed E-state index contributed by atoms with van der Waals surface area (Å²) in [6, 6.07) is 3.76. The maximum Gasteiger partial charge on any atom is 0.335 e. The van der Waals surface area contributed by atoms with Gasteiger partial charge in [-0.1, -0.05) is 25.5 Å². The number of aliphatic hydroxyl groups excluding tert-OH is 1. The summed E-state index contributed by atoms with van der Waals surface area (Å²) in [6.07, 6.45) is 14.2. The fourth-order valence-electron chi connectivity index (χ4n) is 9.37. The number of β-amino-alcohol motifs (C(OH)–C–C–N with tert-alkyl or cyclic N) is 1. The molecule has 4 aliphatic carbocycles. The lowest BCUT2D eigenvalue weighted by Gasteiger charge is -2.60. The number of carbonyl (C=O) groups is 1. The van der Waals surface area contributed by atoms with Crippen molar-refractivity contribution in [2.24, 2.45) is 28.6 Å². The zero-order valence-corrected chi connectivity index (χ0v) is 23.1. The van der Waals surface area contributed by atoms with Crippen molar-refractivity contribution in [2.45, 2.75) is 89.7 Å². The van der Waals surface area contributed by atoms with Crippen molar-refractivity contribution in [3.05, 3.63) is 46.0 Å². The van der Waals surface area contributed by atoms with E-state index in [1.54, 1.807) is 17.9 Å². The number of urea groups is 1. The highest BCUT2D eigenvalue weighted by Gasteiger charge is 2.57. The summed E-state index contributed by atoms with van der Waals surface area (Å²) in [5.41, 5.74) is 3.07. The van der Waals surface area contributed by atoms with Gasteiger partial charge in [-0.3, -0.25) is 4.90 Å². The quantitative estimate of drug-likeness (QED) is 0.497. The minimum Gasteiger partial charge on any atom is -0.431 e. The molecule has 2 amide bonds. The number of hydrogen-bond donors (Lipinski definition) is 3. The second-order valence-corrected chi connectivity index (χ2v) is 13.4. The molecule has 208 valence electrons. The maximum absolute atomic E-state index is 12.6. The van der Waals surface area contributed by atoms with E-state index in [2.05, 4.69) is 35.5 Å². The highest BCUT2D eigenvalue weighted by Crippen LogP contribution is 2.67. The van der Waals surface area contributed by atoms with Crippen molar-refractivity contribution < 1.29 is 14.3 Å². The first-order valence-corrected chi connectivity index (χ1v) is 15.0. The van der Waals surface area contributed by atoms with E-state index in [1.165, 1.54) is 37.7 Å². The van der Waals surface area contributed by atoms with Crippen molar-refractivity contribution in [3.8, 4) is 0 Å². The maximum atomic E-state index is 12.6. The van der Waals surface area contributed by atoms with Crippen LogP contribution in [0.5, 0.6) is 0 Å². The Hall–Kier alpha value is -2.12. The van der Waals surface area contributed by atoms with Gasteiger partial charge < -0.3 is 20.2 Å². The van der Waals surface area contributed by atoms with E-state index in [0.717, 1.165) is 51.2 Å². The number of likely N-dealkylation sites (tertiary alicyclic amines) is 1. The van der Waals surface area contributed by atoms with E-state index in [0.29, 0.717) is 29.7 Å². The summed E-state index contributed by atoms with van der Waals surface area (Å²) in [5.74, 6) is 2.45. The van der Waals surface area contributed by atoms with Crippen molar-refractivity contribution in [1.82, 2.24) is 15.5 Å². The molecule has 0 unspecified atom stereocenters. The molecule has 1 aromatic rings. The van der Waals surface area contributed by atoms with E-state index >= 15 is 0 Å². The van der Waals surface area contributed by atoms with Crippen LogP contribution >= 0.6 is 0 Å². The van der Waals surface area contributed by atoms with Gasteiger partial charge in [-0.2, -0.15) is 0 Å². The predicted octanol–water partition coefficient (Wildman–Crippen LogP) is 4.42. The molecule has 38 heavy (non-hydrogen) atoms. The Morgan fingerprint density at radius 1 is 1.16 bits per heavy atom. The number of hydrogen-bond acceptors (Lipinski definition) is 5. The van der Waals surface area contributed by atoms with Crippen LogP contribution in [0.1, 0.15) is 83.1 Å². The molecule has 0 radical (unpaired) electrons. The Morgan fingerprint density at radius 3 is 2.79 bits per heavy atom. The van der Waals surface area contributed by atoms with Gasteiger partial charge in [-0.15, -0.1) is 0 Å². The lowest BCUT2D eigenvalue weighted by molar-refractivity contribution is -0.0585. The minimum absolute atomic E-state index is 0.0423. The monoisotopic (exact) mass is 523 g/mol. The fraction of sp³-hybridized carbons (Fsp3) is 0.742. The Balaban J connectivity index is 1.05. The van der Waals surface area contributed by atoms with Gasteiger partial charge in [0.25, 0.3) is 0 Å². The molecule has 6 rings (SSSR count). The summed E-state index contributed by atoms with van der Waals surface area (Å²) in [5, 5.41) is 16.0. The lowest BCUT2D eigenvalue weighted by atomic mass is 9.45. The third-order valence-electron chi connectivity index (χ3n) is 11.5. The number of nitrogens with zero attached hydrogens (tertiary/aromatic N) is 1. The number of carbonyl (C=O) groups excluding carboxylic acids is 1. The molecule has 7 heteroatoms. The SMILES string of the molecule is C[C@]12CC[C@H](NC(=O)NCCN3CC[C@H](O)C3)C[C@H]1CC[C@H]1C3=CC[C@H](c4ccc(=O)oc4)[C@@]3(C)CC[C@@H]12.